The number of nitrogens with two attached hydrogens (primary N) is 1. The normalized spacial score (nSPS) is 12.9. The fourth-order valence-corrected chi connectivity index (χ4v) is 1.52. The molecule has 0 aliphatic carbocycles. The number of nitrogens with zero attached hydrogens (tertiary/aromatic N) is 4. The van der Waals surface area contributed by atoms with Crippen LogP contribution < -0.4 is 5.73 Å². The smallest absolute Gasteiger partial charge is 0.238 e. The fraction of sp³-hybridized carbons (Fsp3) is 0.500. The first-order valence-corrected chi connectivity index (χ1v) is 5.27. The van der Waals surface area contributed by atoms with Gasteiger partial charge in [-0.2, -0.15) is 4.98 Å². The van der Waals surface area contributed by atoms with Gasteiger partial charge in [0.25, 0.3) is 0 Å². The third kappa shape index (κ3) is 1.83. The third-order valence-corrected chi connectivity index (χ3v) is 2.59. The third-order valence-electron chi connectivity index (χ3n) is 2.59. The van der Waals surface area contributed by atoms with Crippen LogP contribution >= 0.6 is 0 Å². The highest BCUT2D eigenvalue weighted by molar-refractivity contribution is 5.42. The van der Waals surface area contributed by atoms with Crippen molar-refractivity contribution in [3.8, 4) is 11.6 Å². The van der Waals surface area contributed by atoms with Crippen molar-refractivity contribution in [2.75, 3.05) is 6.54 Å². The Morgan fingerprint density at radius 1 is 1.56 bits per heavy atom. The number of hydrogen-bond acceptors (Lipinski definition) is 5. The maximum atomic E-state index is 5.62. The van der Waals surface area contributed by atoms with Crippen molar-refractivity contribution in [2.45, 2.75) is 19.3 Å². The molecule has 16 heavy (non-hydrogen) atoms. The average molecular weight is 221 g/mol. The van der Waals surface area contributed by atoms with Gasteiger partial charge in [0, 0.05) is 26.0 Å². The van der Waals surface area contributed by atoms with Crippen molar-refractivity contribution >= 4 is 0 Å². The molecule has 0 aliphatic heterocycles. The molecule has 0 radical (unpaired) electrons. The molecule has 0 saturated heterocycles. The summed E-state index contributed by atoms with van der Waals surface area (Å²) in [5.41, 5.74) is 5.62. The molecule has 2 aromatic rings. The summed E-state index contributed by atoms with van der Waals surface area (Å²) < 4.78 is 7.04. The summed E-state index contributed by atoms with van der Waals surface area (Å²) in [6, 6.07) is 0. The Morgan fingerprint density at radius 3 is 2.94 bits per heavy atom. The molecule has 0 fully saturated rings. The van der Waals surface area contributed by atoms with E-state index >= 15 is 0 Å². The standard InChI is InChI=1S/C10H15N5O/c1-3-7(6-11)10-13-8(14-16-10)9-12-4-5-15(9)2/h4-5,7H,3,6,11H2,1-2H3. The van der Waals surface area contributed by atoms with Crippen LogP contribution in [0.1, 0.15) is 25.2 Å². The van der Waals surface area contributed by atoms with Crippen LogP contribution in [-0.2, 0) is 7.05 Å². The maximum absolute atomic E-state index is 5.62. The molecule has 2 heterocycles. The minimum Gasteiger partial charge on any atom is -0.339 e. The molecule has 0 amide bonds. The van der Waals surface area contributed by atoms with Gasteiger partial charge in [0.1, 0.15) is 0 Å². The summed E-state index contributed by atoms with van der Waals surface area (Å²) in [5.74, 6) is 1.92. The van der Waals surface area contributed by atoms with Gasteiger partial charge in [-0.05, 0) is 6.42 Å². The van der Waals surface area contributed by atoms with Crippen molar-refractivity contribution in [2.24, 2.45) is 12.8 Å². The quantitative estimate of drug-likeness (QED) is 0.830. The predicted molar refractivity (Wildman–Crippen MR) is 58.6 cm³/mol. The molecule has 1 atom stereocenters. The predicted octanol–water partition coefficient (Wildman–Crippen LogP) is 0.922. The van der Waals surface area contributed by atoms with Gasteiger partial charge in [0.15, 0.2) is 5.82 Å². The number of aryl methyl sites for hydroxylation is 1. The van der Waals surface area contributed by atoms with Crippen LogP contribution in [0.3, 0.4) is 0 Å². The van der Waals surface area contributed by atoms with E-state index in [0.29, 0.717) is 24.1 Å². The Labute approximate surface area is 93.5 Å². The molecular weight excluding hydrogens is 206 g/mol. The minimum atomic E-state index is 0.126. The van der Waals surface area contributed by atoms with Crippen LogP contribution in [0.25, 0.3) is 11.6 Å². The van der Waals surface area contributed by atoms with Crippen molar-refractivity contribution in [3.63, 3.8) is 0 Å². The first-order valence-electron chi connectivity index (χ1n) is 5.27. The van der Waals surface area contributed by atoms with Crippen molar-refractivity contribution in [1.82, 2.24) is 19.7 Å². The fourth-order valence-electron chi connectivity index (χ4n) is 1.52. The summed E-state index contributed by atoms with van der Waals surface area (Å²) in [5, 5.41) is 3.91. The number of hydrogen-bond donors (Lipinski definition) is 1. The molecular formula is C10H15N5O. The van der Waals surface area contributed by atoms with Gasteiger partial charge in [0.2, 0.25) is 11.7 Å². The molecule has 86 valence electrons. The Hall–Kier alpha value is -1.69. The number of imidazole rings is 1. The van der Waals surface area contributed by atoms with Gasteiger partial charge in [0.05, 0.1) is 5.92 Å². The first-order chi connectivity index (χ1) is 7.76. The van der Waals surface area contributed by atoms with Gasteiger partial charge in [-0.15, -0.1) is 0 Å². The van der Waals surface area contributed by atoms with Crippen LogP contribution in [0.2, 0.25) is 0 Å². The zero-order valence-electron chi connectivity index (χ0n) is 9.42. The van der Waals surface area contributed by atoms with Crippen molar-refractivity contribution < 1.29 is 4.52 Å². The second kappa shape index (κ2) is 4.44. The lowest BCUT2D eigenvalue weighted by molar-refractivity contribution is 0.351. The topological polar surface area (TPSA) is 82.8 Å². The summed E-state index contributed by atoms with van der Waals surface area (Å²) >= 11 is 0. The summed E-state index contributed by atoms with van der Waals surface area (Å²) in [4.78, 5) is 8.47. The van der Waals surface area contributed by atoms with Crippen LogP contribution in [0.15, 0.2) is 16.9 Å². The number of aromatic nitrogens is 4. The van der Waals surface area contributed by atoms with Gasteiger partial charge < -0.3 is 14.8 Å². The largest absolute Gasteiger partial charge is 0.339 e. The van der Waals surface area contributed by atoms with Crippen LogP contribution in [0.5, 0.6) is 0 Å². The Balaban J connectivity index is 2.29. The second-order valence-corrected chi connectivity index (χ2v) is 3.66. The SMILES string of the molecule is CCC(CN)c1nc(-c2nccn2C)no1. The lowest BCUT2D eigenvalue weighted by atomic mass is 10.1. The lowest BCUT2D eigenvalue weighted by Crippen LogP contribution is -2.11. The van der Waals surface area contributed by atoms with E-state index in [9.17, 15) is 0 Å². The van der Waals surface area contributed by atoms with Crippen molar-refractivity contribution in [3.05, 3.63) is 18.3 Å². The molecule has 0 spiro atoms. The lowest BCUT2D eigenvalue weighted by Gasteiger charge is -2.04. The molecule has 1 unspecified atom stereocenters. The molecule has 2 rings (SSSR count). The molecule has 6 nitrogen and oxygen atoms in total. The van der Waals surface area contributed by atoms with E-state index in [2.05, 4.69) is 15.1 Å². The second-order valence-electron chi connectivity index (χ2n) is 3.66. The van der Waals surface area contributed by atoms with E-state index < -0.39 is 0 Å². The Bertz CT molecular complexity index is 457. The van der Waals surface area contributed by atoms with Crippen LogP contribution in [0, 0.1) is 0 Å². The van der Waals surface area contributed by atoms with E-state index in [1.807, 2.05) is 24.7 Å². The Kier molecular flexibility index (Phi) is 3.00. The van der Waals surface area contributed by atoms with Crippen molar-refractivity contribution in [1.29, 1.82) is 0 Å². The summed E-state index contributed by atoms with van der Waals surface area (Å²) in [6.07, 6.45) is 4.43. The molecule has 0 saturated carbocycles. The van der Waals surface area contributed by atoms with E-state index in [1.165, 1.54) is 0 Å². The summed E-state index contributed by atoms with van der Waals surface area (Å²) in [6.45, 7) is 2.56. The van der Waals surface area contributed by atoms with Gasteiger partial charge >= 0.3 is 0 Å². The van der Waals surface area contributed by atoms with Gasteiger partial charge in [-0.25, -0.2) is 4.98 Å². The zero-order chi connectivity index (χ0) is 11.5. The van der Waals surface area contributed by atoms with E-state index in [1.54, 1.807) is 6.20 Å². The molecule has 0 bridgehead atoms. The highest BCUT2D eigenvalue weighted by Gasteiger charge is 2.18. The van der Waals surface area contributed by atoms with Gasteiger partial charge in [-0.1, -0.05) is 12.1 Å². The average Bonchev–Trinajstić information content (AvgIpc) is 2.89. The van der Waals surface area contributed by atoms with E-state index in [-0.39, 0.29) is 5.92 Å². The van der Waals surface area contributed by atoms with Crippen LogP contribution in [0.4, 0.5) is 0 Å². The minimum absolute atomic E-state index is 0.126. The molecule has 2 aromatic heterocycles. The molecule has 0 aromatic carbocycles. The first kappa shape index (κ1) is 10.8. The van der Waals surface area contributed by atoms with E-state index in [4.69, 9.17) is 10.3 Å². The Morgan fingerprint density at radius 2 is 2.38 bits per heavy atom. The molecule has 0 aliphatic rings. The summed E-state index contributed by atoms with van der Waals surface area (Å²) in [7, 11) is 1.89. The molecule has 2 N–H and O–H groups in total. The van der Waals surface area contributed by atoms with Gasteiger partial charge in [-0.3, -0.25) is 0 Å². The highest BCUT2D eigenvalue weighted by Crippen LogP contribution is 2.19. The van der Waals surface area contributed by atoms with E-state index in [0.717, 1.165) is 6.42 Å². The molecule has 6 heteroatoms. The number of rotatable bonds is 4. The highest BCUT2D eigenvalue weighted by atomic mass is 16.5. The maximum Gasteiger partial charge on any atom is 0.238 e. The zero-order valence-corrected chi connectivity index (χ0v) is 9.42. The van der Waals surface area contributed by atoms with Crippen LogP contribution in [-0.4, -0.2) is 26.2 Å². The monoisotopic (exact) mass is 221 g/mol.